The Morgan fingerprint density at radius 3 is 1.54 bits per heavy atom. The van der Waals surface area contributed by atoms with Gasteiger partial charge in [0.05, 0.1) is 0 Å². The Morgan fingerprint density at radius 1 is 0.846 bits per heavy atom. The van der Waals surface area contributed by atoms with Crippen molar-refractivity contribution in [2.45, 2.75) is 28.5 Å². The molecular weight excluding hydrogens is 417 g/mol. The van der Waals surface area contributed by atoms with Crippen LogP contribution in [0.4, 0.5) is 25.2 Å². The van der Waals surface area contributed by atoms with Crippen LogP contribution in [-0.4, -0.2) is 5.78 Å². The van der Waals surface area contributed by atoms with Gasteiger partial charge in [0.1, 0.15) is 4.90 Å². The zero-order valence-corrected chi connectivity index (χ0v) is 16.4. The molecule has 26 heavy (non-hydrogen) atoms. The number of ketones is 1. The van der Waals surface area contributed by atoms with E-state index in [4.69, 9.17) is 0 Å². The van der Waals surface area contributed by atoms with Crippen LogP contribution in [0, 0.1) is 5.92 Å². The molecule has 0 heterocycles. The number of rotatable bonds is 4. The van der Waals surface area contributed by atoms with Crippen LogP contribution in [-0.2, 0) is 12.6 Å². The molecular formula is C16H17F6OPS2. The van der Waals surface area contributed by atoms with Gasteiger partial charge in [-0.2, -0.15) is 0 Å². The summed E-state index contributed by atoms with van der Waals surface area (Å²) in [5.41, 5.74) is 0.787. The average Bonchev–Trinajstić information content (AvgIpc) is 2.46. The molecule has 1 nitrogen and oxygen atoms in total. The first-order valence-electron chi connectivity index (χ1n) is 7.21. The van der Waals surface area contributed by atoms with Crippen LogP contribution in [0.25, 0.3) is 0 Å². The van der Waals surface area contributed by atoms with Gasteiger partial charge in [0.2, 0.25) is 0 Å². The maximum atomic E-state index is 11.8. The van der Waals surface area contributed by atoms with Gasteiger partial charge in [-0.05, 0) is 49.0 Å². The molecule has 0 atom stereocenters. The van der Waals surface area contributed by atoms with E-state index in [2.05, 4.69) is 24.8 Å². The van der Waals surface area contributed by atoms with Gasteiger partial charge < -0.3 is 0 Å². The van der Waals surface area contributed by atoms with Crippen molar-refractivity contribution in [2.24, 2.45) is 5.92 Å². The number of halogens is 6. The van der Waals surface area contributed by atoms with Crippen LogP contribution in [0.1, 0.15) is 24.2 Å². The van der Waals surface area contributed by atoms with E-state index in [9.17, 15) is 30.0 Å². The Balaban J connectivity index is 0.000000412. The first-order valence-corrected chi connectivity index (χ1v) is 10.6. The predicted molar refractivity (Wildman–Crippen MR) is 98.2 cm³/mol. The van der Waals surface area contributed by atoms with Crippen LogP contribution in [0.5, 0.6) is 0 Å². The van der Waals surface area contributed by atoms with Gasteiger partial charge >= 0.3 is 33.0 Å². The summed E-state index contributed by atoms with van der Waals surface area (Å²) in [5, 5.41) is 0. The summed E-state index contributed by atoms with van der Waals surface area (Å²) < 4.78 is 59.2. The number of hydrogen-bond donors (Lipinski definition) is 0. The summed E-state index contributed by atoms with van der Waals surface area (Å²) >= 11 is 5.16. The van der Waals surface area contributed by atoms with Gasteiger partial charge in [-0.15, -0.1) is 0 Å². The fourth-order valence-corrected chi connectivity index (χ4v) is 2.66. The normalized spacial score (nSPS) is 14.1. The fraction of sp³-hybridized carbons (Fsp3) is 0.188. The van der Waals surface area contributed by atoms with Crippen molar-refractivity contribution < 1.29 is 30.0 Å². The Morgan fingerprint density at radius 2 is 1.19 bits per heavy atom. The van der Waals surface area contributed by atoms with Gasteiger partial charge in [0, 0.05) is 21.3 Å². The van der Waals surface area contributed by atoms with Crippen molar-refractivity contribution in [1.29, 1.82) is 0 Å². The van der Waals surface area contributed by atoms with Crippen LogP contribution < -0.4 is 0 Å². The zero-order chi connectivity index (χ0) is 20.2. The third kappa shape index (κ3) is 11.4. The van der Waals surface area contributed by atoms with Gasteiger partial charge in [0.15, 0.2) is 5.78 Å². The number of carbonyl (C=O) groups excluding carboxylic acids is 1. The molecule has 0 saturated heterocycles. The molecule has 0 aliphatic heterocycles. The Hall–Kier alpha value is -1.18. The standard InChI is InChI=1S/C16H16OS2.F6P/c1-11(2)16(17)12-3-7-14(8-4-12)19-15-9-5-13(18)6-10-15;1-7(2,3,4,5)6/h3-11,18H,1-2H3;/q;-1/p+1. The molecule has 0 spiro atoms. The molecule has 0 bridgehead atoms. The zero-order valence-electron chi connectivity index (χ0n) is 13.7. The van der Waals surface area contributed by atoms with E-state index >= 15 is 0 Å². The predicted octanol–water partition coefficient (Wildman–Crippen LogP) is 7.43. The first-order chi connectivity index (χ1) is 11.5. The Labute approximate surface area is 156 Å². The van der Waals surface area contributed by atoms with Crippen LogP contribution in [0.15, 0.2) is 63.2 Å². The molecule has 2 aromatic rings. The second-order valence-corrected chi connectivity index (χ2v) is 9.27. The number of benzene rings is 2. The summed E-state index contributed by atoms with van der Waals surface area (Å²) in [6, 6.07) is 16.0. The number of carbonyl (C=O) groups is 1. The molecule has 2 rings (SSSR count). The molecule has 2 aromatic carbocycles. The molecule has 0 unspecified atom stereocenters. The van der Waals surface area contributed by atoms with E-state index in [0.29, 0.717) is 0 Å². The van der Waals surface area contributed by atoms with Gasteiger partial charge in [-0.25, -0.2) is 0 Å². The third-order valence-corrected chi connectivity index (χ3v) is 4.10. The van der Waals surface area contributed by atoms with Crippen molar-refractivity contribution in [3.05, 3.63) is 54.1 Å². The minimum absolute atomic E-state index is 0.0461. The van der Waals surface area contributed by atoms with Crippen molar-refractivity contribution in [3.8, 4) is 0 Å². The second-order valence-electron chi connectivity index (χ2n) is 5.63. The van der Waals surface area contributed by atoms with Crippen molar-refractivity contribution >= 4 is 38.0 Å². The summed E-state index contributed by atoms with van der Waals surface area (Å²) in [6.07, 6.45) is 0. The van der Waals surface area contributed by atoms with Gasteiger partial charge in [-0.3, -0.25) is 4.79 Å². The second kappa shape index (κ2) is 7.44. The fourth-order valence-electron chi connectivity index (χ4n) is 1.68. The van der Waals surface area contributed by atoms with E-state index < -0.39 is 7.81 Å². The number of Topliss-reactive ketones (excluding diaryl/α,β-unsaturated/α-hetero) is 1. The van der Waals surface area contributed by atoms with E-state index in [1.165, 1.54) is 4.90 Å². The third-order valence-electron chi connectivity index (χ3n) is 2.75. The van der Waals surface area contributed by atoms with Gasteiger partial charge in [0.25, 0.3) is 0 Å². The van der Waals surface area contributed by atoms with E-state index in [-0.39, 0.29) is 11.7 Å². The molecule has 0 radical (unpaired) electrons. The summed E-state index contributed by atoms with van der Waals surface area (Å²) in [4.78, 5) is 15.2. The molecule has 146 valence electrons. The van der Waals surface area contributed by atoms with Crippen molar-refractivity contribution in [3.63, 3.8) is 0 Å². The Kier molecular flexibility index (Phi) is 6.55. The molecule has 0 saturated carbocycles. The quantitative estimate of drug-likeness (QED) is 0.215. The molecule has 10 heteroatoms. The summed E-state index contributed by atoms with van der Waals surface area (Å²) in [7, 11) is -10.7. The van der Waals surface area contributed by atoms with Gasteiger partial charge in [-0.1, -0.05) is 37.7 Å². The molecule has 0 aliphatic carbocycles. The molecule has 0 N–H and O–H groups in total. The molecule has 0 aromatic heterocycles. The Bertz CT molecular complexity index is 745. The summed E-state index contributed by atoms with van der Waals surface area (Å²) in [6.45, 7) is 3.85. The monoisotopic (exact) mass is 434 g/mol. The SMILES string of the molecule is CC(C)C(=O)c1ccc(Sc2ccc([SH2+])cc2)cc1.F[P-](F)(F)(F)(F)F. The average molecular weight is 434 g/mol. The van der Waals surface area contributed by atoms with E-state index in [1.54, 1.807) is 11.8 Å². The van der Waals surface area contributed by atoms with Crippen LogP contribution in [0.3, 0.4) is 0 Å². The summed E-state index contributed by atoms with van der Waals surface area (Å²) in [5.74, 6) is 0.240. The molecule has 0 fully saturated rings. The van der Waals surface area contributed by atoms with E-state index in [1.807, 2.05) is 50.2 Å². The van der Waals surface area contributed by atoms with Crippen LogP contribution in [0.2, 0.25) is 0 Å². The number of hydrogen-bond acceptors (Lipinski definition) is 2. The first kappa shape index (κ1) is 22.9. The van der Waals surface area contributed by atoms with Crippen molar-refractivity contribution in [1.82, 2.24) is 0 Å². The molecule has 0 amide bonds. The van der Waals surface area contributed by atoms with Crippen molar-refractivity contribution in [2.75, 3.05) is 0 Å². The molecule has 0 aliphatic rings. The van der Waals surface area contributed by atoms with Crippen LogP contribution >= 0.6 is 19.6 Å². The topological polar surface area (TPSA) is 17.1 Å². The minimum atomic E-state index is -10.7. The maximum absolute atomic E-state index is 11.8. The van der Waals surface area contributed by atoms with E-state index in [0.717, 1.165) is 15.4 Å².